The Balaban J connectivity index is 2.66. The Morgan fingerprint density at radius 1 is 1.27 bits per heavy atom. The minimum Gasteiger partial charge on any atom is -0.287 e. The van der Waals surface area contributed by atoms with E-state index in [2.05, 4.69) is 9.78 Å². The lowest BCUT2D eigenvalue weighted by molar-refractivity contribution is -0.212. The second-order valence-electron chi connectivity index (χ2n) is 2.59. The molecule has 4 nitrogen and oxygen atoms in total. The highest BCUT2D eigenvalue weighted by atomic mass is 35.5. The predicted molar refractivity (Wildman–Crippen MR) is 53.9 cm³/mol. The quantitative estimate of drug-likeness (QED) is 0.469. The minimum absolute atomic E-state index is 0.107. The van der Waals surface area contributed by atoms with E-state index in [4.69, 9.17) is 23.2 Å². The summed E-state index contributed by atoms with van der Waals surface area (Å²) in [5, 5.41) is 0.601. The van der Waals surface area contributed by atoms with Crippen LogP contribution in [0.5, 0.6) is 5.75 Å². The molecule has 0 aliphatic carbocycles. The van der Waals surface area contributed by atoms with E-state index in [9.17, 15) is 9.59 Å². The van der Waals surface area contributed by atoms with Crippen LogP contribution >= 0.6 is 23.2 Å². The van der Waals surface area contributed by atoms with E-state index in [-0.39, 0.29) is 10.8 Å². The van der Waals surface area contributed by atoms with E-state index in [1.54, 1.807) is 0 Å². The molecule has 1 aromatic rings. The van der Waals surface area contributed by atoms with Gasteiger partial charge in [-0.3, -0.25) is 9.68 Å². The van der Waals surface area contributed by atoms with Gasteiger partial charge in [0.1, 0.15) is 0 Å². The first-order valence-corrected chi connectivity index (χ1v) is 4.61. The maximum absolute atomic E-state index is 10.7. The first kappa shape index (κ1) is 11.8. The first-order valence-electron chi connectivity index (χ1n) is 3.85. The van der Waals surface area contributed by atoms with Crippen LogP contribution in [0.1, 0.15) is 6.92 Å². The monoisotopic (exact) mass is 248 g/mol. The molecule has 0 amide bonds. The molecule has 0 bridgehead atoms. The number of ketones is 1. The van der Waals surface area contributed by atoms with Crippen LogP contribution in [0.25, 0.3) is 0 Å². The highest BCUT2D eigenvalue weighted by Gasteiger charge is 2.12. The van der Waals surface area contributed by atoms with Gasteiger partial charge in [-0.2, -0.15) is 0 Å². The average Bonchev–Trinajstić information content (AvgIpc) is 2.15. The number of halogens is 2. The van der Waals surface area contributed by atoms with Crippen LogP contribution < -0.4 is 4.89 Å². The van der Waals surface area contributed by atoms with Crippen LogP contribution in [0.3, 0.4) is 0 Å². The van der Waals surface area contributed by atoms with Gasteiger partial charge in [-0.05, 0) is 18.2 Å². The summed E-state index contributed by atoms with van der Waals surface area (Å²) in [6.45, 7) is 1.06. The molecule has 0 unspecified atom stereocenters. The van der Waals surface area contributed by atoms with Gasteiger partial charge < -0.3 is 0 Å². The molecule has 0 radical (unpaired) electrons. The Bertz CT molecular complexity index is 403. The molecule has 0 aromatic heterocycles. The standard InChI is InChI=1S/C9H6Cl2O4/c1-5(12)9(13)15-14-8-3-2-6(10)4-7(8)11/h2-4H,1H3. The molecular formula is C9H6Cl2O4. The summed E-state index contributed by atoms with van der Waals surface area (Å²) in [4.78, 5) is 30.0. The Morgan fingerprint density at radius 2 is 1.93 bits per heavy atom. The van der Waals surface area contributed by atoms with Crippen molar-refractivity contribution >= 4 is 35.0 Å². The molecular weight excluding hydrogens is 243 g/mol. The van der Waals surface area contributed by atoms with Crippen molar-refractivity contribution in [1.82, 2.24) is 0 Å². The Labute approximate surface area is 95.6 Å². The number of hydrogen-bond donors (Lipinski definition) is 0. The number of carbonyl (C=O) groups excluding carboxylic acids is 2. The van der Waals surface area contributed by atoms with Crippen LogP contribution in [0.4, 0.5) is 0 Å². The summed E-state index contributed by atoms with van der Waals surface area (Å²) in [5.41, 5.74) is 0. The molecule has 6 heteroatoms. The van der Waals surface area contributed by atoms with E-state index < -0.39 is 11.8 Å². The number of benzene rings is 1. The normalized spacial score (nSPS) is 9.53. The SMILES string of the molecule is CC(=O)C(=O)OOc1ccc(Cl)cc1Cl. The van der Waals surface area contributed by atoms with E-state index in [0.717, 1.165) is 6.92 Å². The zero-order valence-electron chi connectivity index (χ0n) is 7.62. The van der Waals surface area contributed by atoms with E-state index in [1.807, 2.05) is 0 Å². The molecule has 0 aliphatic rings. The summed E-state index contributed by atoms with van der Waals surface area (Å²) in [6, 6.07) is 4.34. The van der Waals surface area contributed by atoms with Crippen molar-refractivity contribution in [3.63, 3.8) is 0 Å². The van der Waals surface area contributed by atoms with Gasteiger partial charge in [0.2, 0.25) is 5.78 Å². The third-order valence-electron chi connectivity index (χ3n) is 1.39. The maximum atomic E-state index is 10.7. The fourth-order valence-corrected chi connectivity index (χ4v) is 1.12. The van der Waals surface area contributed by atoms with E-state index in [0.29, 0.717) is 5.02 Å². The molecule has 15 heavy (non-hydrogen) atoms. The molecule has 0 N–H and O–H groups in total. The lowest BCUT2D eigenvalue weighted by Crippen LogP contribution is -2.15. The topological polar surface area (TPSA) is 52.6 Å². The van der Waals surface area contributed by atoms with Crippen LogP contribution in [0, 0.1) is 0 Å². The second kappa shape index (κ2) is 5.00. The number of hydrogen-bond acceptors (Lipinski definition) is 4. The van der Waals surface area contributed by atoms with Gasteiger partial charge in [-0.15, -0.1) is 0 Å². The summed E-state index contributed by atoms with van der Waals surface area (Å²) in [5.74, 6) is -1.75. The maximum Gasteiger partial charge on any atom is 0.421 e. The fourth-order valence-electron chi connectivity index (χ4n) is 0.684. The summed E-state index contributed by atoms with van der Waals surface area (Å²) in [7, 11) is 0. The molecule has 0 saturated carbocycles. The lowest BCUT2D eigenvalue weighted by atomic mass is 10.3. The van der Waals surface area contributed by atoms with Gasteiger partial charge in [-0.25, -0.2) is 9.68 Å². The third-order valence-corrected chi connectivity index (χ3v) is 1.92. The molecule has 0 saturated heterocycles. The van der Waals surface area contributed by atoms with Crippen LogP contribution in [-0.2, 0) is 14.5 Å². The first-order chi connectivity index (χ1) is 7.00. The summed E-state index contributed by atoms with van der Waals surface area (Å²) in [6.07, 6.45) is 0. The van der Waals surface area contributed by atoms with Gasteiger partial charge in [0, 0.05) is 11.9 Å². The van der Waals surface area contributed by atoms with Crippen molar-refractivity contribution in [2.45, 2.75) is 6.92 Å². The van der Waals surface area contributed by atoms with Crippen molar-refractivity contribution in [2.75, 3.05) is 0 Å². The van der Waals surface area contributed by atoms with Crippen molar-refractivity contribution < 1.29 is 19.4 Å². The zero-order valence-corrected chi connectivity index (χ0v) is 9.13. The Kier molecular flexibility index (Phi) is 3.94. The van der Waals surface area contributed by atoms with Crippen LogP contribution in [0.2, 0.25) is 10.0 Å². The smallest absolute Gasteiger partial charge is 0.287 e. The molecule has 0 atom stereocenters. The number of carbonyl (C=O) groups is 2. The molecule has 0 spiro atoms. The fraction of sp³-hybridized carbons (Fsp3) is 0.111. The Hall–Kier alpha value is -1.26. The highest BCUT2D eigenvalue weighted by molar-refractivity contribution is 6.35. The molecule has 0 aliphatic heterocycles. The van der Waals surface area contributed by atoms with Crippen molar-refractivity contribution in [1.29, 1.82) is 0 Å². The molecule has 1 aromatic carbocycles. The zero-order chi connectivity index (χ0) is 11.4. The van der Waals surface area contributed by atoms with Crippen LogP contribution in [0.15, 0.2) is 18.2 Å². The average molecular weight is 249 g/mol. The van der Waals surface area contributed by atoms with E-state index in [1.165, 1.54) is 18.2 Å². The molecule has 0 fully saturated rings. The van der Waals surface area contributed by atoms with Crippen LogP contribution in [-0.4, -0.2) is 11.8 Å². The third kappa shape index (κ3) is 3.42. The van der Waals surface area contributed by atoms with Crippen molar-refractivity contribution in [3.8, 4) is 5.75 Å². The molecule has 80 valence electrons. The number of rotatable bonds is 3. The predicted octanol–water partition coefficient (Wildman–Crippen LogP) is 2.42. The second-order valence-corrected chi connectivity index (χ2v) is 3.43. The van der Waals surface area contributed by atoms with E-state index >= 15 is 0 Å². The van der Waals surface area contributed by atoms with Gasteiger partial charge in [0.15, 0.2) is 5.75 Å². The minimum atomic E-state index is -1.10. The lowest BCUT2D eigenvalue weighted by Gasteiger charge is -2.04. The summed E-state index contributed by atoms with van der Waals surface area (Å²) >= 11 is 11.3. The van der Waals surface area contributed by atoms with Gasteiger partial charge in [0.25, 0.3) is 0 Å². The highest BCUT2D eigenvalue weighted by Crippen LogP contribution is 2.27. The largest absolute Gasteiger partial charge is 0.421 e. The summed E-state index contributed by atoms with van der Waals surface area (Å²) < 4.78 is 0. The number of Topliss-reactive ketones (excluding diaryl/α,β-unsaturated/α-hetero) is 1. The van der Waals surface area contributed by atoms with Gasteiger partial charge in [-0.1, -0.05) is 23.2 Å². The van der Waals surface area contributed by atoms with Gasteiger partial charge in [0.05, 0.1) is 5.02 Å². The molecule has 1 rings (SSSR count). The molecule has 0 heterocycles. The van der Waals surface area contributed by atoms with Crippen molar-refractivity contribution in [3.05, 3.63) is 28.2 Å². The van der Waals surface area contributed by atoms with Gasteiger partial charge >= 0.3 is 5.97 Å². The van der Waals surface area contributed by atoms with Crippen molar-refractivity contribution in [2.24, 2.45) is 0 Å². The Morgan fingerprint density at radius 3 is 2.47 bits per heavy atom.